The lowest BCUT2D eigenvalue weighted by molar-refractivity contribution is -0.137. The molecule has 3 aromatic carbocycles. The summed E-state index contributed by atoms with van der Waals surface area (Å²) in [5.74, 6) is 0.321. The fourth-order valence-corrected chi connectivity index (χ4v) is 4.33. The van der Waals surface area contributed by atoms with Crippen molar-refractivity contribution in [3.8, 4) is 0 Å². The first-order valence-corrected chi connectivity index (χ1v) is 11.9. The zero-order valence-electron chi connectivity index (χ0n) is 19.8. The second kappa shape index (κ2) is 10.4. The van der Waals surface area contributed by atoms with Gasteiger partial charge in [0.2, 0.25) is 0 Å². The molecule has 1 aromatic heterocycles. The first-order chi connectivity index (χ1) is 17.8. The van der Waals surface area contributed by atoms with Crippen molar-refractivity contribution in [1.29, 1.82) is 0 Å². The van der Waals surface area contributed by atoms with E-state index in [4.69, 9.17) is 0 Å². The Balaban J connectivity index is 1.27. The topological polar surface area (TPSA) is 82.2 Å². The number of aromatic nitrogens is 2. The van der Waals surface area contributed by atoms with Crippen LogP contribution in [0.4, 0.5) is 40.8 Å². The van der Waals surface area contributed by atoms with Crippen molar-refractivity contribution in [2.45, 2.75) is 25.6 Å². The molecule has 0 atom stereocenters. The third kappa shape index (κ3) is 6.15. The van der Waals surface area contributed by atoms with Gasteiger partial charge < -0.3 is 16.0 Å². The maximum atomic E-state index is 13.1. The number of fused-ring (bicyclic) bond motifs is 1. The fourth-order valence-electron chi connectivity index (χ4n) is 4.33. The molecule has 2 amide bonds. The third-order valence-corrected chi connectivity index (χ3v) is 6.16. The van der Waals surface area contributed by atoms with Crippen molar-refractivity contribution in [3.63, 3.8) is 0 Å². The lowest BCUT2D eigenvalue weighted by atomic mass is 10.1. The molecule has 1 fully saturated rings. The van der Waals surface area contributed by atoms with Crippen molar-refractivity contribution in [1.82, 2.24) is 14.9 Å². The molecule has 1 saturated heterocycles. The first kappa shape index (κ1) is 24.5. The van der Waals surface area contributed by atoms with Gasteiger partial charge >= 0.3 is 12.2 Å². The van der Waals surface area contributed by atoms with Crippen LogP contribution in [-0.2, 0) is 12.7 Å². The molecule has 0 unspecified atom stereocenters. The molecule has 2 heterocycles. The van der Waals surface area contributed by atoms with Crippen LogP contribution in [0.1, 0.15) is 24.0 Å². The number of benzene rings is 3. The van der Waals surface area contributed by atoms with Gasteiger partial charge in [0.15, 0.2) is 0 Å². The SMILES string of the molecule is O=C(Nc1ccc(CN2CCCC2)cc1)Nc1ccc2ncnc(Nc3cccc(C(F)(F)F)c3)c2c1. The lowest BCUT2D eigenvalue weighted by Gasteiger charge is -2.15. The first-order valence-electron chi connectivity index (χ1n) is 11.9. The molecule has 0 spiro atoms. The number of rotatable bonds is 6. The fraction of sp³-hybridized carbons (Fsp3) is 0.222. The van der Waals surface area contributed by atoms with E-state index in [9.17, 15) is 18.0 Å². The van der Waals surface area contributed by atoms with Crippen LogP contribution in [0.25, 0.3) is 10.9 Å². The van der Waals surface area contributed by atoms with Gasteiger partial charge in [-0.25, -0.2) is 14.8 Å². The Hall–Kier alpha value is -4.18. The maximum Gasteiger partial charge on any atom is 0.416 e. The van der Waals surface area contributed by atoms with Gasteiger partial charge in [-0.05, 0) is 80.0 Å². The summed E-state index contributed by atoms with van der Waals surface area (Å²) in [6.07, 6.45) is -0.650. The molecule has 3 N–H and O–H groups in total. The van der Waals surface area contributed by atoms with E-state index in [0.29, 0.717) is 28.1 Å². The second-order valence-corrected chi connectivity index (χ2v) is 8.92. The zero-order valence-corrected chi connectivity index (χ0v) is 19.8. The summed E-state index contributed by atoms with van der Waals surface area (Å²) in [6, 6.07) is 17.3. The van der Waals surface area contributed by atoms with E-state index in [1.807, 2.05) is 24.3 Å². The number of anilines is 4. The highest BCUT2D eigenvalue weighted by Gasteiger charge is 2.30. The Morgan fingerprint density at radius 1 is 0.865 bits per heavy atom. The van der Waals surface area contributed by atoms with Gasteiger partial charge in [-0.3, -0.25) is 4.90 Å². The molecule has 1 aliphatic heterocycles. The van der Waals surface area contributed by atoms with Crippen LogP contribution in [0.15, 0.2) is 73.1 Å². The number of carbonyl (C=O) groups is 1. The number of hydrogen-bond donors (Lipinski definition) is 3. The standard InChI is InChI=1S/C27H25F3N6O/c28-27(29,30)19-4-3-5-21(14-19)33-25-23-15-22(10-11-24(23)31-17-32-25)35-26(37)34-20-8-6-18(7-9-20)16-36-12-1-2-13-36/h3-11,14-15,17H,1-2,12-13,16H2,(H,31,32,33)(H2,34,35,37). The average molecular weight is 507 g/mol. The summed E-state index contributed by atoms with van der Waals surface area (Å²) in [4.78, 5) is 23.4. The van der Waals surface area contributed by atoms with Crippen LogP contribution >= 0.6 is 0 Å². The van der Waals surface area contributed by atoms with Gasteiger partial charge in [-0.15, -0.1) is 0 Å². The monoisotopic (exact) mass is 506 g/mol. The molecule has 0 radical (unpaired) electrons. The maximum absolute atomic E-state index is 13.1. The third-order valence-electron chi connectivity index (χ3n) is 6.16. The van der Waals surface area contributed by atoms with E-state index in [-0.39, 0.29) is 5.69 Å². The lowest BCUT2D eigenvalue weighted by Crippen LogP contribution is -2.20. The number of halogens is 3. The number of likely N-dealkylation sites (tertiary alicyclic amines) is 1. The molecule has 37 heavy (non-hydrogen) atoms. The van der Waals surface area contributed by atoms with E-state index < -0.39 is 17.8 Å². The van der Waals surface area contributed by atoms with Crippen molar-refractivity contribution in [2.75, 3.05) is 29.0 Å². The Labute approximate surface area is 211 Å². The molecule has 0 saturated carbocycles. The van der Waals surface area contributed by atoms with Gasteiger partial charge in [-0.1, -0.05) is 18.2 Å². The quantitative estimate of drug-likeness (QED) is 0.273. The van der Waals surface area contributed by atoms with Gasteiger partial charge in [0.1, 0.15) is 12.1 Å². The number of carbonyl (C=O) groups excluding carboxylic acids is 1. The van der Waals surface area contributed by atoms with Crippen LogP contribution < -0.4 is 16.0 Å². The largest absolute Gasteiger partial charge is 0.416 e. The van der Waals surface area contributed by atoms with Crippen molar-refractivity contribution < 1.29 is 18.0 Å². The summed E-state index contributed by atoms with van der Waals surface area (Å²) >= 11 is 0. The predicted molar refractivity (Wildman–Crippen MR) is 138 cm³/mol. The van der Waals surface area contributed by atoms with E-state index in [2.05, 4.69) is 30.8 Å². The molecule has 0 aliphatic carbocycles. The highest BCUT2D eigenvalue weighted by atomic mass is 19.4. The molecule has 10 heteroatoms. The number of amides is 2. The highest BCUT2D eigenvalue weighted by molar-refractivity contribution is 6.02. The Kier molecular flexibility index (Phi) is 6.91. The van der Waals surface area contributed by atoms with Crippen LogP contribution in [0.2, 0.25) is 0 Å². The Morgan fingerprint density at radius 3 is 2.35 bits per heavy atom. The van der Waals surface area contributed by atoms with Gasteiger partial charge in [-0.2, -0.15) is 13.2 Å². The van der Waals surface area contributed by atoms with Crippen LogP contribution in [0.5, 0.6) is 0 Å². The minimum absolute atomic E-state index is 0.235. The molecule has 1 aliphatic rings. The van der Waals surface area contributed by atoms with E-state index in [1.54, 1.807) is 18.2 Å². The molecule has 190 valence electrons. The van der Waals surface area contributed by atoms with E-state index in [0.717, 1.165) is 31.8 Å². The molecular formula is C27H25F3N6O. The van der Waals surface area contributed by atoms with Crippen molar-refractivity contribution in [2.24, 2.45) is 0 Å². The van der Waals surface area contributed by atoms with Crippen LogP contribution in [0, 0.1) is 0 Å². The molecule has 5 rings (SSSR count). The molecular weight excluding hydrogens is 481 g/mol. The Bertz CT molecular complexity index is 1400. The number of hydrogen-bond acceptors (Lipinski definition) is 5. The second-order valence-electron chi connectivity index (χ2n) is 8.92. The van der Waals surface area contributed by atoms with E-state index >= 15 is 0 Å². The molecule has 4 aromatic rings. The molecule has 0 bridgehead atoms. The number of nitrogens with one attached hydrogen (secondary N) is 3. The molecule has 7 nitrogen and oxygen atoms in total. The minimum Gasteiger partial charge on any atom is -0.340 e. The summed E-state index contributed by atoms with van der Waals surface area (Å²) in [6.45, 7) is 3.15. The Morgan fingerprint density at radius 2 is 1.59 bits per heavy atom. The zero-order chi connectivity index (χ0) is 25.8. The summed E-state index contributed by atoms with van der Waals surface area (Å²) in [5.41, 5.74) is 2.39. The van der Waals surface area contributed by atoms with E-state index in [1.165, 1.54) is 36.9 Å². The van der Waals surface area contributed by atoms with Crippen molar-refractivity contribution >= 4 is 39.8 Å². The van der Waals surface area contributed by atoms with Gasteiger partial charge in [0.05, 0.1) is 11.1 Å². The summed E-state index contributed by atoms with van der Waals surface area (Å²) in [5, 5.41) is 9.08. The van der Waals surface area contributed by atoms with Gasteiger partial charge in [0.25, 0.3) is 0 Å². The highest BCUT2D eigenvalue weighted by Crippen LogP contribution is 2.32. The number of alkyl halides is 3. The smallest absolute Gasteiger partial charge is 0.340 e. The van der Waals surface area contributed by atoms with Crippen LogP contribution in [0.3, 0.4) is 0 Å². The van der Waals surface area contributed by atoms with Crippen molar-refractivity contribution in [3.05, 3.63) is 84.2 Å². The number of nitrogens with zero attached hydrogens (tertiary/aromatic N) is 3. The predicted octanol–water partition coefficient (Wildman–Crippen LogP) is 6.63. The van der Waals surface area contributed by atoms with Gasteiger partial charge in [0, 0.05) is 29.0 Å². The normalized spacial score (nSPS) is 14.0. The minimum atomic E-state index is -4.45. The summed E-state index contributed by atoms with van der Waals surface area (Å²) < 4.78 is 39.3. The number of urea groups is 1. The van der Waals surface area contributed by atoms with Crippen LogP contribution in [-0.4, -0.2) is 34.0 Å². The average Bonchev–Trinajstić information content (AvgIpc) is 3.38. The summed E-state index contributed by atoms with van der Waals surface area (Å²) in [7, 11) is 0.